The number of hydrogen-bond donors (Lipinski definition) is 1. The van der Waals surface area contributed by atoms with Crippen LogP contribution in [0.5, 0.6) is 5.75 Å². The van der Waals surface area contributed by atoms with Crippen LogP contribution in [0.25, 0.3) is 0 Å². The molecule has 6 heteroatoms. The Hall–Kier alpha value is -2.37. The molecule has 0 saturated carbocycles. The Morgan fingerprint density at radius 2 is 1.91 bits per heavy atom. The van der Waals surface area contributed by atoms with Crippen molar-refractivity contribution in [3.63, 3.8) is 0 Å². The van der Waals surface area contributed by atoms with Crippen molar-refractivity contribution in [1.29, 1.82) is 0 Å². The number of aryl methyl sites for hydroxylation is 2. The minimum absolute atomic E-state index is 0.0603. The van der Waals surface area contributed by atoms with Gasteiger partial charge in [0, 0.05) is 5.56 Å². The van der Waals surface area contributed by atoms with Crippen LogP contribution in [-0.4, -0.2) is 12.5 Å². The average molecular weight is 323 g/mol. The quantitative estimate of drug-likeness (QED) is 0.892. The standard InChI is InChI=1S/C17H19F2NO3/c1-9-11(3)22-12(4)15(9)16(21)20-10(2)13-6-5-7-14(8-13)23-17(18)19/h5-8,10,17H,1-4H3,(H,20,21). The second-order valence-corrected chi connectivity index (χ2v) is 5.36. The summed E-state index contributed by atoms with van der Waals surface area (Å²) in [6, 6.07) is 5.91. The number of amides is 1. The van der Waals surface area contributed by atoms with Gasteiger partial charge in [-0.2, -0.15) is 8.78 Å². The number of ether oxygens (including phenoxy) is 1. The van der Waals surface area contributed by atoms with Crippen molar-refractivity contribution in [3.8, 4) is 5.75 Å². The summed E-state index contributed by atoms with van der Waals surface area (Å²) in [5.74, 6) is 1.06. The van der Waals surface area contributed by atoms with E-state index >= 15 is 0 Å². The molecule has 23 heavy (non-hydrogen) atoms. The molecule has 2 aromatic rings. The first-order valence-corrected chi connectivity index (χ1v) is 7.21. The highest BCUT2D eigenvalue weighted by molar-refractivity contribution is 5.97. The minimum atomic E-state index is -2.88. The molecule has 1 aromatic carbocycles. The average Bonchev–Trinajstić information content (AvgIpc) is 2.71. The predicted octanol–water partition coefficient (Wildman–Crippen LogP) is 4.30. The fourth-order valence-corrected chi connectivity index (χ4v) is 2.44. The first-order valence-electron chi connectivity index (χ1n) is 7.21. The van der Waals surface area contributed by atoms with E-state index in [1.54, 1.807) is 32.9 Å². The van der Waals surface area contributed by atoms with Crippen molar-refractivity contribution in [2.75, 3.05) is 0 Å². The van der Waals surface area contributed by atoms with Gasteiger partial charge in [0.15, 0.2) is 0 Å². The van der Waals surface area contributed by atoms with Gasteiger partial charge in [-0.25, -0.2) is 0 Å². The Balaban J connectivity index is 2.15. The lowest BCUT2D eigenvalue weighted by atomic mass is 10.1. The summed E-state index contributed by atoms with van der Waals surface area (Å²) in [4.78, 5) is 12.4. The van der Waals surface area contributed by atoms with Gasteiger partial charge in [-0.05, 0) is 45.4 Å². The summed E-state index contributed by atoms with van der Waals surface area (Å²) in [7, 11) is 0. The molecule has 0 aliphatic rings. The van der Waals surface area contributed by atoms with Crippen LogP contribution in [-0.2, 0) is 0 Å². The Bertz CT molecular complexity index is 710. The number of carbonyl (C=O) groups is 1. The van der Waals surface area contributed by atoms with Gasteiger partial charge in [0.25, 0.3) is 5.91 Å². The number of alkyl halides is 2. The van der Waals surface area contributed by atoms with E-state index in [1.807, 2.05) is 6.92 Å². The smallest absolute Gasteiger partial charge is 0.387 e. The highest BCUT2D eigenvalue weighted by Gasteiger charge is 2.20. The number of benzene rings is 1. The van der Waals surface area contributed by atoms with Crippen molar-refractivity contribution in [2.24, 2.45) is 0 Å². The summed E-state index contributed by atoms with van der Waals surface area (Å²) in [6.07, 6.45) is 0. The molecule has 124 valence electrons. The zero-order chi connectivity index (χ0) is 17.1. The molecule has 0 aliphatic heterocycles. The van der Waals surface area contributed by atoms with Crippen LogP contribution in [0, 0.1) is 20.8 Å². The van der Waals surface area contributed by atoms with Crippen molar-refractivity contribution < 1.29 is 22.7 Å². The van der Waals surface area contributed by atoms with Crippen LogP contribution in [0.4, 0.5) is 8.78 Å². The maximum absolute atomic E-state index is 12.4. The molecular formula is C17H19F2NO3. The van der Waals surface area contributed by atoms with Crippen molar-refractivity contribution in [3.05, 3.63) is 52.5 Å². The number of furan rings is 1. The second kappa shape index (κ2) is 6.81. The lowest BCUT2D eigenvalue weighted by Crippen LogP contribution is -2.27. The lowest BCUT2D eigenvalue weighted by molar-refractivity contribution is -0.0499. The molecule has 0 bridgehead atoms. The largest absolute Gasteiger partial charge is 0.466 e. The van der Waals surface area contributed by atoms with E-state index < -0.39 is 6.61 Å². The fraction of sp³-hybridized carbons (Fsp3) is 0.353. The van der Waals surface area contributed by atoms with Crippen LogP contribution in [0.1, 0.15) is 46.0 Å². The van der Waals surface area contributed by atoms with Crippen LogP contribution >= 0.6 is 0 Å². The summed E-state index contributed by atoms with van der Waals surface area (Å²) in [5.41, 5.74) is 1.98. The Morgan fingerprint density at radius 3 is 2.48 bits per heavy atom. The third-order valence-electron chi connectivity index (χ3n) is 3.72. The molecule has 0 spiro atoms. The molecule has 1 unspecified atom stereocenters. The van der Waals surface area contributed by atoms with E-state index in [2.05, 4.69) is 10.1 Å². The number of halogens is 2. The van der Waals surface area contributed by atoms with Gasteiger partial charge in [-0.3, -0.25) is 4.79 Å². The first-order chi connectivity index (χ1) is 10.8. The Morgan fingerprint density at radius 1 is 1.22 bits per heavy atom. The highest BCUT2D eigenvalue weighted by atomic mass is 19.3. The monoisotopic (exact) mass is 323 g/mol. The molecule has 1 aromatic heterocycles. The van der Waals surface area contributed by atoms with Crippen molar-refractivity contribution >= 4 is 5.91 Å². The van der Waals surface area contributed by atoms with Gasteiger partial charge in [-0.1, -0.05) is 12.1 Å². The van der Waals surface area contributed by atoms with Gasteiger partial charge in [0.2, 0.25) is 0 Å². The maximum atomic E-state index is 12.4. The highest BCUT2D eigenvalue weighted by Crippen LogP contribution is 2.24. The SMILES string of the molecule is Cc1oc(C)c(C(=O)NC(C)c2cccc(OC(F)F)c2)c1C. The second-order valence-electron chi connectivity index (χ2n) is 5.36. The Labute approximate surface area is 133 Å². The van der Waals surface area contributed by atoms with Crippen LogP contribution in [0.15, 0.2) is 28.7 Å². The molecule has 0 saturated heterocycles. The summed E-state index contributed by atoms with van der Waals surface area (Å²) < 4.78 is 34.4. The molecule has 1 amide bonds. The topological polar surface area (TPSA) is 51.5 Å². The molecular weight excluding hydrogens is 304 g/mol. The number of nitrogens with one attached hydrogen (secondary N) is 1. The molecule has 0 aliphatic carbocycles. The van der Waals surface area contributed by atoms with Crippen molar-refractivity contribution in [1.82, 2.24) is 5.32 Å². The van der Waals surface area contributed by atoms with E-state index in [0.29, 0.717) is 22.6 Å². The van der Waals surface area contributed by atoms with E-state index in [4.69, 9.17) is 4.42 Å². The van der Waals surface area contributed by atoms with E-state index in [-0.39, 0.29) is 17.7 Å². The Kier molecular flexibility index (Phi) is 5.03. The van der Waals surface area contributed by atoms with Gasteiger partial charge in [-0.15, -0.1) is 0 Å². The van der Waals surface area contributed by atoms with Gasteiger partial charge >= 0.3 is 6.61 Å². The van der Waals surface area contributed by atoms with Crippen LogP contribution in [0.2, 0.25) is 0 Å². The van der Waals surface area contributed by atoms with E-state index in [1.165, 1.54) is 12.1 Å². The van der Waals surface area contributed by atoms with Crippen LogP contribution < -0.4 is 10.1 Å². The molecule has 0 fully saturated rings. The maximum Gasteiger partial charge on any atom is 0.387 e. The van der Waals surface area contributed by atoms with E-state index in [0.717, 1.165) is 5.56 Å². The molecule has 4 nitrogen and oxygen atoms in total. The minimum Gasteiger partial charge on any atom is -0.466 e. The number of hydrogen-bond acceptors (Lipinski definition) is 3. The molecule has 0 radical (unpaired) electrons. The summed E-state index contributed by atoms with van der Waals surface area (Å²) in [5, 5.41) is 2.85. The third kappa shape index (κ3) is 3.88. The van der Waals surface area contributed by atoms with Gasteiger partial charge in [0.05, 0.1) is 11.6 Å². The van der Waals surface area contributed by atoms with Crippen LogP contribution in [0.3, 0.4) is 0 Å². The molecule has 1 atom stereocenters. The number of rotatable bonds is 5. The van der Waals surface area contributed by atoms with Crippen molar-refractivity contribution in [2.45, 2.75) is 40.3 Å². The number of carbonyl (C=O) groups excluding carboxylic acids is 1. The predicted molar refractivity (Wildman–Crippen MR) is 81.9 cm³/mol. The molecule has 1 N–H and O–H groups in total. The summed E-state index contributed by atoms with van der Waals surface area (Å²) in [6.45, 7) is 4.25. The summed E-state index contributed by atoms with van der Waals surface area (Å²) >= 11 is 0. The zero-order valence-electron chi connectivity index (χ0n) is 13.4. The van der Waals surface area contributed by atoms with Gasteiger partial charge in [0.1, 0.15) is 17.3 Å². The fourth-order valence-electron chi connectivity index (χ4n) is 2.44. The van der Waals surface area contributed by atoms with Gasteiger partial charge < -0.3 is 14.5 Å². The van der Waals surface area contributed by atoms with E-state index in [9.17, 15) is 13.6 Å². The third-order valence-corrected chi connectivity index (χ3v) is 3.72. The lowest BCUT2D eigenvalue weighted by Gasteiger charge is -2.15. The molecule has 1 heterocycles. The normalized spacial score (nSPS) is 12.3. The first kappa shape index (κ1) is 17.0. The zero-order valence-corrected chi connectivity index (χ0v) is 13.4. The molecule has 2 rings (SSSR count).